The second-order valence-corrected chi connectivity index (χ2v) is 7.25. The molecule has 1 amide bonds. The van der Waals surface area contributed by atoms with E-state index >= 15 is 0 Å². The number of amidine groups is 1. The van der Waals surface area contributed by atoms with E-state index in [0.717, 1.165) is 27.6 Å². The Morgan fingerprint density at radius 1 is 1.07 bits per heavy atom. The maximum atomic E-state index is 12.3. The molecule has 0 spiro atoms. The van der Waals surface area contributed by atoms with E-state index in [9.17, 15) is 4.79 Å². The zero-order valence-corrected chi connectivity index (χ0v) is 16.2. The normalized spacial score (nSPS) is 15.8. The minimum atomic E-state index is 0.0416. The highest BCUT2D eigenvalue weighted by atomic mass is 32.2. The van der Waals surface area contributed by atoms with Crippen molar-refractivity contribution >= 4 is 39.8 Å². The average Bonchev–Trinajstić information content (AvgIpc) is 3.08. The van der Waals surface area contributed by atoms with Crippen molar-refractivity contribution in [3.05, 3.63) is 77.9 Å². The summed E-state index contributed by atoms with van der Waals surface area (Å²) in [6.45, 7) is 0.471. The first kappa shape index (κ1) is 18.3. The van der Waals surface area contributed by atoms with Gasteiger partial charge in [-0.3, -0.25) is 9.69 Å². The Morgan fingerprint density at radius 2 is 1.86 bits per heavy atom. The molecule has 0 aliphatic carbocycles. The number of nitrogens with zero attached hydrogens (tertiary/aromatic N) is 3. The largest absolute Gasteiger partial charge is 0.497 e. The molecule has 3 aromatic carbocycles. The van der Waals surface area contributed by atoms with Crippen molar-refractivity contribution in [3.8, 4) is 5.75 Å². The van der Waals surface area contributed by atoms with Gasteiger partial charge in [-0.1, -0.05) is 66.4 Å². The van der Waals surface area contributed by atoms with E-state index in [2.05, 4.69) is 28.4 Å². The molecular formula is C22H19N3O2S. The smallest absolute Gasteiger partial charge is 0.239 e. The lowest BCUT2D eigenvalue weighted by atomic mass is 10.1. The number of ether oxygens (including phenoxy) is 1. The molecule has 28 heavy (non-hydrogen) atoms. The molecule has 0 unspecified atom stereocenters. The van der Waals surface area contributed by atoms with Crippen LogP contribution in [0.4, 0.5) is 0 Å². The number of rotatable bonds is 5. The summed E-state index contributed by atoms with van der Waals surface area (Å²) in [7, 11) is 1.63. The number of fused-ring (bicyclic) bond motifs is 1. The molecule has 0 atom stereocenters. The van der Waals surface area contributed by atoms with Gasteiger partial charge in [0, 0.05) is 5.56 Å². The van der Waals surface area contributed by atoms with Crippen LogP contribution in [-0.4, -0.2) is 35.1 Å². The van der Waals surface area contributed by atoms with Crippen LogP contribution in [0, 0.1) is 0 Å². The lowest BCUT2D eigenvalue weighted by molar-refractivity contribution is -0.124. The van der Waals surface area contributed by atoms with Crippen molar-refractivity contribution in [2.75, 3.05) is 12.9 Å². The maximum Gasteiger partial charge on any atom is 0.239 e. The zero-order valence-electron chi connectivity index (χ0n) is 15.4. The first-order valence-corrected chi connectivity index (χ1v) is 9.88. The van der Waals surface area contributed by atoms with Gasteiger partial charge in [0.1, 0.15) is 5.75 Å². The van der Waals surface area contributed by atoms with Crippen molar-refractivity contribution in [3.63, 3.8) is 0 Å². The van der Waals surface area contributed by atoms with Gasteiger partial charge in [-0.25, -0.2) is 0 Å². The van der Waals surface area contributed by atoms with Crippen LogP contribution in [0.2, 0.25) is 0 Å². The Hall–Kier alpha value is -3.12. The van der Waals surface area contributed by atoms with Gasteiger partial charge in [0.15, 0.2) is 5.17 Å². The predicted molar refractivity (Wildman–Crippen MR) is 115 cm³/mol. The second-order valence-electron chi connectivity index (χ2n) is 6.31. The van der Waals surface area contributed by atoms with Gasteiger partial charge in [-0.05, 0) is 28.5 Å². The summed E-state index contributed by atoms with van der Waals surface area (Å²) in [5.74, 6) is 1.22. The van der Waals surface area contributed by atoms with Crippen LogP contribution in [0.25, 0.3) is 10.8 Å². The Bertz CT molecular complexity index is 1060. The second kappa shape index (κ2) is 8.27. The molecule has 0 N–H and O–H groups in total. The van der Waals surface area contributed by atoms with Crippen LogP contribution < -0.4 is 4.74 Å². The van der Waals surface area contributed by atoms with Crippen LogP contribution in [0.3, 0.4) is 0 Å². The van der Waals surface area contributed by atoms with E-state index in [-0.39, 0.29) is 5.91 Å². The van der Waals surface area contributed by atoms with E-state index in [4.69, 9.17) is 4.74 Å². The van der Waals surface area contributed by atoms with E-state index in [0.29, 0.717) is 17.5 Å². The molecule has 1 aliphatic rings. The number of carbonyl (C=O) groups excluding carboxylic acids is 1. The van der Waals surface area contributed by atoms with E-state index in [1.807, 2.05) is 48.5 Å². The van der Waals surface area contributed by atoms with E-state index in [1.54, 1.807) is 18.2 Å². The van der Waals surface area contributed by atoms with Crippen molar-refractivity contribution in [1.82, 2.24) is 4.90 Å². The molecule has 0 saturated carbocycles. The van der Waals surface area contributed by atoms with Gasteiger partial charge in [0.2, 0.25) is 5.91 Å². The van der Waals surface area contributed by atoms with Gasteiger partial charge < -0.3 is 4.74 Å². The minimum absolute atomic E-state index is 0.0416. The molecule has 1 aliphatic heterocycles. The van der Waals surface area contributed by atoms with Crippen LogP contribution >= 0.6 is 11.8 Å². The van der Waals surface area contributed by atoms with Gasteiger partial charge in [-0.2, -0.15) is 5.10 Å². The summed E-state index contributed by atoms with van der Waals surface area (Å²) in [5, 5.41) is 11.5. The lowest BCUT2D eigenvalue weighted by Gasteiger charge is -2.15. The van der Waals surface area contributed by atoms with Gasteiger partial charge in [0.25, 0.3) is 0 Å². The average molecular weight is 389 g/mol. The molecule has 140 valence electrons. The van der Waals surface area contributed by atoms with Crippen LogP contribution in [0.15, 0.2) is 76.9 Å². The molecule has 1 heterocycles. The van der Waals surface area contributed by atoms with Gasteiger partial charge in [0.05, 0.1) is 25.6 Å². The Kier molecular flexibility index (Phi) is 5.39. The van der Waals surface area contributed by atoms with Crippen LogP contribution in [-0.2, 0) is 11.3 Å². The molecule has 1 fully saturated rings. The molecule has 6 heteroatoms. The summed E-state index contributed by atoms with van der Waals surface area (Å²) in [6.07, 6.45) is 1.74. The number of amides is 1. The van der Waals surface area contributed by atoms with E-state index in [1.165, 1.54) is 11.8 Å². The number of benzene rings is 3. The number of carbonyl (C=O) groups is 1. The van der Waals surface area contributed by atoms with Crippen LogP contribution in [0.1, 0.15) is 11.1 Å². The third kappa shape index (κ3) is 3.92. The number of methoxy groups -OCH3 is 1. The summed E-state index contributed by atoms with van der Waals surface area (Å²) in [4.78, 5) is 13.9. The Labute approximate surface area is 167 Å². The zero-order chi connectivity index (χ0) is 19.3. The first-order chi connectivity index (χ1) is 13.7. The molecule has 0 bridgehead atoms. The molecule has 0 aromatic heterocycles. The quantitative estimate of drug-likeness (QED) is 0.483. The van der Waals surface area contributed by atoms with Crippen molar-refractivity contribution in [2.24, 2.45) is 10.2 Å². The number of thioether (sulfide) groups is 1. The fourth-order valence-corrected chi connectivity index (χ4v) is 3.88. The summed E-state index contributed by atoms with van der Waals surface area (Å²) in [6, 6.07) is 21.9. The number of hydrogen-bond donors (Lipinski definition) is 0. The first-order valence-electron chi connectivity index (χ1n) is 8.89. The van der Waals surface area contributed by atoms with Crippen LogP contribution in [0.5, 0.6) is 5.75 Å². The topological polar surface area (TPSA) is 54.3 Å². The van der Waals surface area contributed by atoms with Gasteiger partial charge in [-0.15, -0.1) is 5.10 Å². The molecular weight excluding hydrogens is 370 g/mol. The Morgan fingerprint density at radius 3 is 2.68 bits per heavy atom. The highest BCUT2D eigenvalue weighted by Gasteiger charge is 2.28. The molecule has 1 saturated heterocycles. The summed E-state index contributed by atoms with van der Waals surface area (Å²) in [5.41, 5.74) is 2.01. The number of hydrogen-bond acceptors (Lipinski definition) is 5. The van der Waals surface area contributed by atoms with Crippen molar-refractivity contribution < 1.29 is 9.53 Å². The molecule has 0 radical (unpaired) electrons. The van der Waals surface area contributed by atoms with E-state index < -0.39 is 0 Å². The molecule has 4 rings (SSSR count). The standard InChI is InChI=1S/C22H19N3O2S/c1-27-19-11-9-16(10-12-19)14-25-21(26)15-28-22(25)24-23-13-18-7-4-6-17-5-2-3-8-20(17)18/h2-13H,14-15H2,1H3. The fraction of sp³-hybridized carbons (Fsp3) is 0.136. The molecule has 3 aromatic rings. The maximum absolute atomic E-state index is 12.3. The lowest BCUT2D eigenvalue weighted by Crippen LogP contribution is -2.28. The van der Waals surface area contributed by atoms with Gasteiger partial charge >= 0.3 is 0 Å². The van der Waals surface area contributed by atoms with Crippen molar-refractivity contribution in [1.29, 1.82) is 0 Å². The highest BCUT2D eigenvalue weighted by molar-refractivity contribution is 8.15. The Balaban J connectivity index is 1.53. The summed E-state index contributed by atoms with van der Waals surface area (Å²) >= 11 is 1.41. The minimum Gasteiger partial charge on any atom is -0.497 e. The highest BCUT2D eigenvalue weighted by Crippen LogP contribution is 2.23. The van der Waals surface area contributed by atoms with Crippen molar-refractivity contribution in [2.45, 2.75) is 6.54 Å². The SMILES string of the molecule is COc1ccc(CN2C(=O)CSC2=NN=Cc2cccc3ccccc23)cc1. The fourth-order valence-electron chi connectivity index (χ4n) is 3.04. The third-order valence-electron chi connectivity index (χ3n) is 4.52. The predicted octanol–water partition coefficient (Wildman–Crippen LogP) is 4.31. The molecule has 5 nitrogen and oxygen atoms in total. The summed E-state index contributed by atoms with van der Waals surface area (Å²) < 4.78 is 5.18. The monoisotopic (exact) mass is 389 g/mol. The third-order valence-corrected chi connectivity index (χ3v) is 5.47.